The predicted molar refractivity (Wildman–Crippen MR) is 61.6 cm³/mol. The fourth-order valence-corrected chi connectivity index (χ4v) is 4.37. The largest absolute Gasteiger partial charge is 0.453 e. The van der Waals surface area contributed by atoms with E-state index in [0.717, 1.165) is 11.3 Å². The second-order valence-electron chi connectivity index (χ2n) is 5.22. The number of rotatable bonds is 0. The molecule has 0 unspecified atom stereocenters. The molecule has 4 nitrogen and oxygen atoms in total. The maximum absolute atomic E-state index is 12.3. The number of furan rings is 2. The molecule has 0 saturated heterocycles. The van der Waals surface area contributed by atoms with Crippen LogP contribution in [-0.4, -0.2) is 14.0 Å². The molecule has 0 spiro atoms. The normalized spacial score (nSPS) is 18.9. The Morgan fingerprint density at radius 1 is 1.31 bits per heavy atom. The summed E-state index contributed by atoms with van der Waals surface area (Å²) in [6.45, 7) is 7.54. The summed E-state index contributed by atoms with van der Waals surface area (Å²) in [7, 11) is -3.41. The number of nitrogens with zero attached hydrogens (tertiary/aromatic N) is 1. The Bertz CT molecular complexity index is 676. The van der Waals surface area contributed by atoms with Crippen LogP contribution in [0.2, 0.25) is 0 Å². The smallest absolute Gasteiger partial charge is 0.268 e. The number of aryl methyl sites for hydroxylation is 1. The second-order valence-corrected chi connectivity index (χ2v) is 6.97. The number of benzene rings is 1. The van der Waals surface area contributed by atoms with E-state index in [4.69, 9.17) is 4.42 Å². The van der Waals surface area contributed by atoms with Crippen LogP contribution in [0, 0.1) is 6.92 Å². The second kappa shape index (κ2) is 2.37. The Morgan fingerprint density at radius 3 is 2.44 bits per heavy atom. The van der Waals surface area contributed by atoms with E-state index in [-0.39, 0.29) is 0 Å². The average molecular weight is 239 g/mol. The van der Waals surface area contributed by atoms with Crippen LogP contribution >= 0.6 is 0 Å². The molecule has 0 aromatic carbocycles. The number of fused-ring (bicyclic) bond motifs is 1. The summed E-state index contributed by atoms with van der Waals surface area (Å²) in [5.74, 6) is 0. The van der Waals surface area contributed by atoms with E-state index in [1.165, 1.54) is 4.31 Å². The number of hydrogen-bond donors (Lipinski definition) is 0. The van der Waals surface area contributed by atoms with Gasteiger partial charge in [0.15, 0.2) is 5.58 Å². The van der Waals surface area contributed by atoms with Crippen molar-refractivity contribution in [1.82, 2.24) is 0 Å². The minimum atomic E-state index is -3.41. The van der Waals surface area contributed by atoms with Crippen LogP contribution in [-0.2, 0) is 10.0 Å². The zero-order chi connectivity index (χ0) is 11.9. The molecule has 5 heteroatoms. The first-order valence-electron chi connectivity index (χ1n) is 5.15. The zero-order valence-electron chi connectivity index (χ0n) is 9.66. The highest BCUT2D eigenvalue weighted by molar-refractivity contribution is 7.93. The first-order chi connectivity index (χ1) is 7.24. The van der Waals surface area contributed by atoms with Crippen molar-refractivity contribution in [2.75, 3.05) is 4.31 Å². The minimum Gasteiger partial charge on any atom is -0.453 e. The van der Waals surface area contributed by atoms with E-state index in [1.54, 1.807) is 6.07 Å². The van der Waals surface area contributed by atoms with E-state index in [9.17, 15) is 8.42 Å². The van der Waals surface area contributed by atoms with Gasteiger partial charge in [-0.25, -0.2) is 8.42 Å². The number of sulfonamides is 1. The Hall–Kier alpha value is -1.23. The molecule has 0 aliphatic carbocycles. The summed E-state index contributed by atoms with van der Waals surface area (Å²) in [6, 6.07) is 1.62. The van der Waals surface area contributed by atoms with Crippen molar-refractivity contribution in [3.05, 3.63) is 11.6 Å². The fraction of sp³-hybridized carbons (Fsp3) is 0.455. The van der Waals surface area contributed by atoms with Crippen LogP contribution in [0.25, 0.3) is 11.2 Å². The van der Waals surface area contributed by atoms with Crippen molar-refractivity contribution >= 4 is 26.9 Å². The maximum Gasteiger partial charge on any atom is 0.268 e. The number of hydrogen-bond acceptors (Lipinski definition) is 3. The SMILES string of the molecule is Cc1c2c3oc1cc3S(=O)(=O)N2C(C)(C)C. The third-order valence-corrected chi connectivity index (χ3v) is 5.04. The van der Waals surface area contributed by atoms with Gasteiger partial charge in [-0.05, 0) is 27.7 Å². The first kappa shape index (κ1) is 9.96. The highest BCUT2D eigenvalue weighted by Crippen LogP contribution is 2.51. The van der Waals surface area contributed by atoms with Gasteiger partial charge in [-0.2, -0.15) is 0 Å². The molecule has 0 radical (unpaired) electrons. The summed E-state index contributed by atoms with van der Waals surface area (Å²) in [6.07, 6.45) is 0. The van der Waals surface area contributed by atoms with Crippen LogP contribution in [0.1, 0.15) is 26.3 Å². The van der Waals surface area contributed by atoms with Crippen LogP contribution in [0.5, 0.6) is 0 Å². The van der Waals surface area contributed by atoms with E-state index in [2.05, 4.69) is 0 Å². The van der Waals surface area contributed by atoms with Crippen molar-refractivity contribution in [2.24, 2.45) is 0 Å². The highest BCUT2D eigenvalue weighted by atomic mass is 32.2. The van der Waals surface area contributed by atoms with Gasteiger partial charge in [-0.1, -0.05) is 0 Å². The molecule has 0 fully saturated rings. The molecule has 3 rings (SSSR count). The van der Waals surface area contributed by atoms with Gasteiger partial charge in [-0.15, -0.1) is 0 Å². The molecule has 0 saturated carbocycles. The van der Waals surface area contributed by atoms with Gasteiger partial charge in [-0.3, -0.25) is 4.31 Å². The van der Waals surface area contributed by atoms with Crippen molar-refractivity contribution in [3.63, 3.8) is 0 Å². The maximum atomic E-state index is 12.3. The van der Waals surface area contributed by atoms with Crippen molar-refractivity contribution in [1.29, 1.82) is 0 Å². The van der Waals surface area contributed by atoms with Gasteiger partial charge < -0.3 is 4.42 Å². The van der Waals surface area contributed by atoms with Gasteiger partial charge in [0.25, 0.3) is 10.0 Å². The summed E-state index contributed by atoms with van der Waals surface area (Å²) < 4.78 is 31.6. The molecule has 2 aromatic heterocycles. The Labute approximate surface area is 94.2 Å². The molecule has 1 aliphatic heterocycles. The third-order valence-electron chi connectivity index (χ3n) is 2.97. The lowest BCUT2D eigenvalue weighted by Crippen LogP contribution is -2.43. The van der Waals surface area contributed by atoms with Gasteiger partial charge >= 0.3 is 0 Å². The van der Waals surface area contributed by atoms with Gasteiger partial charge in [0.2, 0.25) is 0 Å². The Balaban J connectivity index is 2.43. The van der Waals surface area contributed by atoms with E-state index in [1.807, 2.05) is 27.7 Å². The molecule has 0 atom stereocenters. The molecule has 0 N–H and O–H groups in total. The van der Waals surface area contributed by atoms with Gasteiger partial charge in [0.1, 0.15) is 16.2 Å². The van der Waals surface area contributed by atoms with Crippen molar-refractivity contribution < 1.29 is 12.8 Å². The standard InChI is InChI=1S/C11H13NO3S/c1-6-7-5-8-10(15-7)9(6)12(11(2,3)4)16(8,13)14/h5H,1-4H3. The summed E-state index contributed by atoms with van der Waals surface area (Å²) in [5.41, 5.74) is 2.35. The lowest BCUT2D eigenvalue weighted by molar-refractivity contribution is 0.540. The summed E-state index contributed by atoms with van der Waals surface area (Å²) in [5, 5.41) is 0. The molecule has 2 bridgehead atoms. The lowest BCUT2D eigenvalue weighted by atomic mass is 10.1. The molecular weight excluding hydrogens is 226 g/mol. The topological polar surface area (TPSA) is 50.5 Å². The third kappa shape index (κ3) is 0.883. The molecule has 1 aliphatic rings. The highest BCUT2D eigenvalue weighted by Gasteiger charge is 2.47. The lowest BCUT2D eigenvalue weighted by Gasteiger charge is -2.32. The number of anilines is 1. The fourth-order valence-electron chi connectivity index (χ4n) is 2.36. The Morgan fingerprint density at radius 2 is 1.94 bits per heavy atom. The molecule has 3 heterocycles. The average Bonchev–Trinajstić information content (AvgIpc) is 2.66. The zero-order valence-corrected chi connectivity index (χ0v) is 10.5. The van der Waals surface area contributed by atoms with E-state index < -0.39 is 15.6 Å². The Kier molecular flexibility index (Phi) is 1.48. The molecular formula is C11H13NO3S. The van der Waals surface area contributed by atoms with Crippen molar-refractivity contribution in [3.8, 4) is 0 Å². The van der Waals surface area contributed by atoms with Crippen LogP contribution in [0.3, 0.4) is 0 Å². The monoisotopic (exact) mass is 239 g/mol. The van der Waals surface area contributed by atoms with E-state index >= 15 is 0 Å². The summed E-state index contributed by atoms with van der Waals surface area (Å²) >= 11 is 0. The quantitative estimate of drug-likeness (QED) is 0.709. The van der Waals surface area contributed by atoms with Crippen LogP contribution in [0.4, 0.5) is 5.69 Å². The van der Waals surface area contributed by atoms with Crippen LogP contribution < -0.4 is 4.31 Å². The van der Waals surface area contributed by atoms with Gasteiger partial charge in [0, 0.05) is 17.2 Å². The van der Waals surface area contributed by atoms with Gasteiger partial charge in [0.05, 0.1) is 0 Å². The molecule has 86 valence electrons. The van der Waals surface area contributed by atoms with Crippen molar-refractivity contribution in [2.45, 2.75) is 38.1 Å². The first-order valence-corrected chi connectivity index (χ1v) is 6.59. The predicted octanol–water partition coefficient (Wildman–Crippen LogP) is 2.49. The molecule has 2 aromatic rings. The molecule has 16 heavy (non-hydrogen) atoms. The molecule has 0 amide bonds. The van der Waals surface area contributed by atoms with E-state index in [0.29, 0.717) is 16.1 Å². The minimum absolute atomic E-state index is 0.318. The van der Waals surface area contributed by atoms with Crippen LogP contribution in [0.15, 0.2) is 15.4 Å². The summed E-state index contributed by atoms with van der Waals surface area (Å²) in [4.78, 5) is 0.318.